The Morgan fingerprint density at radius 2 is 2.70 bits per heavy atom. The molecule has 0 aliphatic heterocycles. The van der Waals surface area contributed by atoms with Crippen molar-refractivity contribution in [3.8, 4) is 0 Å². The fraction of sp³-hybridized carbons (Fsp3) is 0.500. The maximum atomic E-state index is 4.88. The number of hydrogen-bond donors (Lipinski definition) is 1. The number of rotatable bonds is 4. The maximum absolute atomic E-state index is 4.88. The molecule has 1 aromatic rings. The van der Waals surface area contributed by atoms with Gasteiger partial charge in [0, 0.05) is 0 Å². The summed E-state index contributed by atoms with van der Waals surface area (Å²) in [7, 11) is 0. The predicted octanol–water partition coefficient (Wildman–Crippen LogP) is 0.716. The molecule has 0 unspecified atom stereocenters. The molecule has 10 heavy (non-hydrogen) atoms. The highest BCUT2D eigenvalue weighted by atomic mass is 16.6. The molecule has 56 valence electrons. The van der Waals surface area contributed by atoms with Crippen LogP contribution in [0, 0.1) is 0 Å². The van der Waals surface area contributed by atoms with Gasteiger partial charge in [-0.1, -0.05) is 0 Å². The smallest absolute Gasteiger partial charge is 0.180 e. The lowest BCUT2D eigenvalue weighted by Gasteiger charge is -1.98. The van der Waals surface area contributed by atoms with E-state index >= 15 is 0 Å². The van der Waals surface area contributed by atoms with Crippen molar-refractivity contribution in [2.45, 2.75) is 13.5 Å². The van der Waals surface area contributed by atoms with Crippen molar-refractivity contribution < 1.29 is 9.25 Å². The molecule has 0 aliphatic rings. The maximum Gasteiger partial charge on any atom is 0.180 e. The van der Waals surface area contributed by atoms with Crippen LogP contribution in [-0.2, 0) is 11.4 Å². The molecule has 0 fully saturated rings. The standard InChI is InChI=1S/C6H10N2O2/c1-2-10-8-3-6-4-9-5-7-6/h4-5,8H,2-3H2,1H3. The molecule has 0 aromatic carbocycles. The van der Waals surface area contributed by atoms with Crippen LogP contribution in [-0.4, -0.2) is 11.6 Å². The summed E-state index contributed by atoms with van der Waals surface area (Å²) in [6.45, 7) is 3.15. The lowest BCUT2D eigenvalue weighted by atomic mass is 10.5. The monoisotopic (exact) mass is 142 g/mol. The van der Waals surface area contributed by atoms with Crippen molar-refractivity contribution in [3.63, 3.8) is 0 Å². The summed E-state index contributed by atoms with van der Waals surface area (Å²) in [4.78, 5) is 8.75. The van der Waals surface area contributed by atoms with Gasteiger partial charge in [0.1, 0.15) is 6.26 Å². The molecule has 4 heteroatoms. The molecule has 0 saturated carbocycles. The van der Waals surface area contributed by atoms with Crippen molar-refractivity contribution in [1.29, 1.82) is 0 Å². The number of nitrogens with one attached hydrogen (secondary N) is 1. The van der Waals surface area contributed by atoms with Crippen LogP contribution in [0.25, 0.3) is 0 Å². The first-order valence-corrected chi connectivity index (χ1v) is 3.15. The summed E-state index contributed by atoms with van der Waals surface area (Å²) >= 11 is 0. The lowest BCUT2D eigenvalue weighted by Crippen LogP contribution is -2.13. The minimum absolute atomic E-state index is 0.588. The summed E-state index contributed by atoms with van der Waals surface area (Å²) in [6, 6.07) is 0. The fourth-order valence-electron chi connectivity index (χ4n) is 0.552. The third-order valence-corrected chi connectivity index (χ3v) is 0.983. The average molecular weight is 142 g/mol. The second-order valence-electron chi connectivity index (χ2n) is 1.73. The molecular weight excluding hydrogens is 132 g/mol. The molecule has 1 aromatic heterocycles. The number of aromatic nitrogens is 1. The Hall–Kier alpha value is -0.870. The van der Waals surface area contributed by atoms with Crippen LogP contribution in [0.15, 0.2) is 17.1 Å². The first-order chi connectivity index (χ1) is 4.93. The average Bonchev–Trinajstić information content (AvgIpc) is 2.41. The molecule has 0 spiro atoms. The molecule has 0 radical (unpaired) electrons. The zero-order valence-corrected chi connectivity index (χ0v) is 5.83. The highest BCUT2D eigenvalue weighted by Crippen LogP contribution is 1.91. The lowest BCUT2D eigenvalue weighted by molar-refractivity contribution is 0.0456. The number of hydrogen-bond acceptors (Lipinski definition) is 4. The number of oxazole rings is 1. The van der Waals surface area contributed by atoms with Gasteiger partial charge >= 0.3 is 0 Å². The Kier molecular flexibility index (Phi) is 2.92. The topological polar surface area (TPSA) is 47.3 Å². The van der Waals surface area contributed by atoms with Gasteiger partial charge in [0.2, 0.25) is 0 Å². The number of nitrogens with zero attached hydrogens (tertiary/aromatic N) is 1. The predicted molar refractivity (Wildman–Crippen MR) is 35.0 cm³/mol. The normalized spacial score (nSPS) is 10.1. The summed E-state index contributed by atoms with van der Waals surface area (Å²) in [6.07, 6.45) is 2.97. The Balaban J connectivity index is 2.15. The van der Waals surface area contributed by atoms with Crippen LogP contribution >= 0.6 is 0 Å². The molecule has 1 rings (SSSR count). The first kappa shape index (κ1) is 7.24. The van der Waals surface area contributed by atoms with Gasteiger partial charge in [-0.25, -0.2) is 4.98 Å². The van der Waals surface area contributed by atoms with Gasteiger partial charge in [-0.2, -0.15) is 5.48 Å². The summed E-state index contributed by atoms with van der Waals surface area (Å²) in [5.74, 6) is 0. The van der Waals surface area contributed by atoms with Crippen molar-refractivity contribution >= 4 is 0 Å². The Morgan fingerprint density at radius 1 is 1.80 bits per heavy atom. The molecule has 0 aliphatic carbocycles. The second-order valence-corrected chi connectivity index (χ2v) is 1.73. The molecule has 1 heterocycles. The minimum Gasteiger partial charge on any atom is -0.451 e. The number of hydroxylamine groups is 1. The van der Waals surface area contributed by atoms with E-state index in [1.54, 1.807) is 6.26 Å². The Labute approximate surface area is 59.2 Å². The van der Waals surface area contributed by atoms with Crippen LogP contribution in [0.1, 0.15) is 12.6 Å². The fourth-order valence-corrected chi connectivity index (χ4v) is 0.552. The zero-order valence-electron chi connectivity index (χ0n) is 5.83. The van der Waals surface area contributed by atoms with Gasteiger partial charge in [-0.05, 0) is 6.92 Å². The molecule has 1 N–H and O–H groups in total. The third-order valence-electron chi connectivity index (χ3n) is 0.983. The summed E-state index contributed by atoms with van der Waals surface area (Å²) in [5, 5.41) is 0. The van der Waals surface area contributed by atoms with Crippen LogP contribution < -0.4 is 5.48 Å². The largest absolute Gasteiger partial charge is 0.451 e. The van der Waals surface area contributed by atoms with Crippen molar-refractivity contribution in [3.05, 3.63) is 18.4 Å². The quantitative estimate of drug-likeness (QED) is 0.497. The van der Waals surface area contributed by atoms with Crippen molar-refractivity contribution in [1.82, 2.24) is 10.5 Å². The minimum atomic E-state index is 0.588. The van der Waals surface area contributed by atoms with Gasteiger partial charge in [0.05, 0.1) is 18.8 Å². The SMILES string of the molecule is CCONCc1cocn1. The van der Waals surface area contributed by atoms with Crippen LogP contribution in [0.4, 0.5) is 0 Å². The molecule has 0 saturated heterocycles. The van der Waals surface area contributed by atoms with Gasteiger partial charge in [-0.3, -0.25) is 0 Å². The Morgan fingerprint density at radius 3 is 3.30 bits per heavy atom. The summed E-state index contributed by atoms with van der Waals surface area (Å²) < 4.78 is 4.74. The zero-order chi connectivity index (χ0) is 7.23. The second kappa shape index (κ2) is 4.03. The van der Waals surface area contributed by atoms with Gasteiger partial charge in [0.15, 0.2) is 6.39 Å². The summed E-state index contributed by atoms with van der Waals surface area (Å²) in [5.41, 5.74) is 3.56. The van der Waals surface area contributed by atoms with E-state index < -0.39 is 0 Å². The van der Waals surface area contributed by atoms with E-state index in [1.165, 1.54) is 6.39 Å². The van der Waals surface area contributed by atoms with Crippen molar-refractivity contribution in [2.75, 3.05) is 6.61 Å². The van der Waals surface area contributed by atoms with E-state index in [2.05, 4.69) is 10.5 Å². The molecule has 0 bridgehead atoms. The van der Waals surface area contributed by atoms with Crippen LogP contribution in [0.5, 0.6) is 0 Å². The third kappa shape index (κ3) is 2.16. The van der Waals surface area contributed by atoms with Crippen LogP contribution in [0.3, 0.4) is 0 Å². The highest BCUT2D eigenvalue weighted by Gasteiger charge is 1.92. The molecule has 0 atom stereocenters. The van der Waals surface area contributed by atoms with Gasteiger partial charge in [0.25, 0.3) is 0 Å². The Bertz CT molecular complexity index is 162. The van der Waals surface area contributed by atoms with E-state index in [4.69, 9.17) is 9.25 Å². The van der Waals surface area contributed by atoms with E-state index in [9.17, 15) is 0 Å². The van der Waals surface area contributed by atoms with Crippen LogP contribution in [0.2, 0.25) is 0 Å². The van der Waals surface area contributed by atoms with E-state index in [0.717, 1.165) is 5.69 Å². The van der Waals surface area contributed by atoms with Gasteiger partial charge < -0.3 is 9.25 Å². The molecular formula is C6H10N2O2. The highest BCUT2D eigenvalue weighted by molar-refractivity contribution is 4.88. The van der Waals surface area contributed by atoms with E-state index in [-0.39, 0.29) is 0 Å². The van der Waals surface area contributed by atoms with Crippen molar-refractivity contribution in [2.24, 2.45) is 0 Å². The van der Waals surface area contributed by atoms with Gasteiger partial charge in [-0.15, -0.1) is 0 Å². The molecule has 4 nitrogen and oxygen atoms in total. The van der Waals surface area contributed by atoms with E-state index in [0.29, 0.717) is 13.2 Å². The van der Waals surface area contributed by atoms with E-state index in [1.807, 2.05) is 6.92 Å². The molecule has 0 amide bonds. The first-order valence-electron chi connectivity index (χ1n) is 3.15.